The summed E-state index contributed by atoms with van der Waals surface area (Å²) in [6, 6.07) is 8.41. The van der Waals surface area contributed by atoms with Crippen LogP contribution in [0.2, 0.25) is 0 Å². The monoisotopic (exact) mass is 295 g/mol. The lowest BCUT2D eigenvalue weighted by Crippen LogP contribution is -2.28. The van der Waals surface area contributed by atoms with Crippen LogP contribution in [0.15, 0.2) is 47.7 Å². The van der Waals surface area contributed by atoms with Crippen LogP contribution in [0, 0.1) is 11.3 Å². The fraction of sp³-hybridized carbons (Fsp3) is 0.421. The van der Waals surface area contributed by atoms with Crippen molar-refractivity contribution >= 4 is 11.6 Å². The molecule has 4 rings (SSSR count). The summed E-state index contributed by atoms with van der Waals surface area (Å²) in [7, 11) is 1.69. The molecule has 22 heavy (non-hydrogen) atoms. The highest BCUT2D eigenvalue weighted by Crippen LogP contribution is 2.65. The Kier molecular flexibility index (Phi) is 2.77. The Morgan fingerprint density at radius 3 is 2.64 bits per heavy atom. The second-order valence-corrected chi connectivity index (χ2v) is 6.86. The van der Waals surface area contributed by atoms with Crippen LogP contribution in [0.25, 0.3) is 0 Å². The molecule has 0 radical (unpaired) electrons. The number of hydrogen-bond acceptors (Lipinski definition) is 2. The van der Waals surface area contributed by atoms with E-state index in [4.69, 9.17) is 4.74 Å². The Morgan fingerprint density at radius 1 is 1.27 bits per heavy atom. The number of benzene rings is 1. The van der Waals surface area contributed by atoms with Crippen LogP contribution in [-0.4, -0.2) is 19.6 Å². The highest BCUT2D eigenvalue weighted by molar-refractivity contribution is 6.06. The van der Waals surface area contributed by atoms with Gasteiger partial charge in [0.15, 0.2) is 0 Å². The number of hydrogen-bond donors (Lipinski definition) is 0. The molecule has 1 aromatic rings. The van der Waals surface area contributed by atoms with E-state index in [0.29, 0.717) is 18.4 Å². The number of methoxy groups -OCH3 is 1. The third-order valence-electron chi connectivity index (χ3n) is 5.33. The topological polar surface area (TPSA) is 29.5 Å². The Morgan fingerprint density at radius 2 is 2.00 bits per heavy atom. The number of nitrogens with zero attached hydrogens (tertiary/aromatic N) is 1. The molecule has 0 bridgehead atoms. The fourth-order valence-electron chi connectivity index (χ4n) is 3.83. The van der Waals surface area contributed by atoms with Crippen LogP contribution in [-0.2, 0) is 9.53 Å². The molecule has 2 fully saturated rings. The molecule has 1 amide bonds. The zero-order chi connectivity index (χ0) is 15.5. The van der Waals surface area contributed by atoms with Crippen molar-refractivity contribution in [3.8, 4) is 0 Å². The first kappa shape index (κ1) is 13.6. The number of ether oxygens (including phenoxy) is 1. The van der Waals surface area contributed by atoms with Crippen molar-refractivity contribution in [2.45, 2.75) is 26.2 Å². The van der Waals surface area contributed by atoms with E-state index in [1.807, 2.05) is 4.90 Å². The van der Waals surface area contributed by atoms with Crippen LogP contribution >= 0.6 is 0 Å². The normalized spacial score (nSPS) is 29.0. The standard InChI is InChI=1S/C19H21NO2/c1-12(2)13-4-6-16(7-5-13)20-11-15-9-17(22-3)8-14-10-19(14,15)18(20)21/h4-9,12,14H,10-11H2,1-3H3. The van der Waals surface area contributed by atoms with Crippen molar-refractivity contribution in [2.75, 3.05) is 18.6 Å². The van der Waals surface area contributed by atoms with Crippen molar-refractivity contribution in [2.24, 2.45) is 11.3 Å². The van der Waals surface area contributed by atoms with Crippen LogP contribution in [0.3, 0.4) is 0 Å². The lowest BCUT2D eigenvalue weighted by atomic mass is 9.92. The summed E-state index contributed by atoms with van der Waals surface area (Å²) >= 11 is 0. The molecule has 2 aliphatic carbocycles. The maximum Gasteiger partial charge on any atom is 0.238 e. The minimum absolute atomic E-state index is 0.251. The average molecular weight is 295 g/mol. The molecule has 2 atom stereocenters. The minimum atomic E-state index is -0.251. The van der Waals surface area contributed by atoms with Crippen LogP contribution < -0.4 is 4.90 Å². The van der Waals surface area contributed by atoms with Gasteiger partial charge in [-0.15, -0.1) is 0 Å². The minimum Gasteiger partial charge on any atom is -0.497 e. The van der Waals surface area contributed by atoms with Gasteiger partial charge in [-0.05, 0) is 47.8 Å². The zero-order valence-electron chi connectivity index (χ0n) is 13.3. The second kappa shape index (κ2) is 4.48. The molecule has 3 aliphatic rings. The van der Waals surface area contributed by atoms with Crippen molar-refractivity contribution in [3.63, 3.8) is 0 Å². The lowest BCUT2D eigenvalue weighted by Gasteiger charge is -2.17. The number of allylic oxidation sites excluding steroid dienone is 2. The summed E-state index contributed by atoms with van der Waals surface area (Å²) in [6.07, 6.45) is 5.10. The van der Waals surface area contributed by atoms with Crippen LogP contribution in [0.1, 0.15) is 31.7 Å². The van der Waals surface area contributed by atoms with Crippen molar-refractivity contribution < 1.29 is 9.53 Å². The highest BCUT2D eigenvalue weighted by atomic mass is 16.5. The summed E-state index contributed by atoms with van der Waals surface area (Å²) in [6.45, 7) is 5.05. The molecule has 1 saturated heterocycles. The molecule has 1 aromatic carbocycles. The van der Waals surface area contributed by atoms with Gasteiger partial charge in [0.1, 0.15) is 5.76 Å². The van der Waals surface area contributed by atoms with Crippen LogP contribution in [0.4, 0.5) is 5.69 Å². The third kappa shape index (κ3) is 1.71. The Labute approximate surface area is 131 Å². The molecule has 3 heteroatoms. The molecule has 1 spiro atoms. The third-order valence-corrected chi connectivity index (χ3v) is 5.33. The maximum absolute atomic E-state index is 12.9. The van der Waals surface area contributed by atoms with Gasteiger partial charge in [0.05, 0.1) is 12.5 Å². The number of anilines is 1. The van der Waals surface area contributed by atoms with E-state index in [1.54, 1.807) is 7.11 Å². The molecular weight excluding hydrogens is 274 g/mol. The van der Waals surface area contributed by atoms with Gasteiger partial charge >= 0.3 is 0 Å². The Bertz CT molecular complexity index is 699. The van der Waals surface area contributed by atoms with Gasteiger partial charge in [0.25, 0.3) is 0 Å². The molecule has 3 nitrogen and oxygen atoms in total. The molecule has 1 aliphatic heterocycles. The number of rotatable bonds is 3. The number of amides is 1. The van der Waals surface area contributed by atoms with E-state index >= 15 is 0 Å². The maximum atomic E-state index is 12.9. The summed E-state index contributed by atoms with van der Waals surface area (Å²) < 4.78 is 5.37. The van der Waals surface area contributed by atoms with Gasteiger partial charge in [-0.25, -0.2) is 0 Å². The first-order valence-electron chi connectivity index (χ1n) is 7.95. The fourth-order valence-corrected chi connectivity index (χ4v) is 3.83. The van der Waals surface area contributed by atoms with Gasteiger partial charge in [-0.1, -0.05) is 26.0 Å². The molecule has 0 aromatic heterocycles. The van der Waals surface area contributed by atoms with E-state index in [1.165, 1.54) is 11.1 Å². The smallest absolute Gasteiger partial charge is 0.238 e. The number of carbonyl (C=O) groups excluding carboxylic acids is 1. The summed E-state index contributed by atoms with van der Waals surface area (Å²) in [5, 5.41) is 0. The van der Waals surface area contributed by atoms with Gasteiger partial charge < -0.3 is 9.64 Å². The van der Waals surface area contributed by atoms with E-state index in [2.05, 4.69) is 50.3 Å². The lowest BCUT2D eigenvalue weighted by molar-refractivity contribution is -0.121. The molecule has 1 heterocycles. The Balaban J connectivity index is 1.65. The molecule has 1 saturated carbocycles. The zero-order valence-corrected chi connectivity index (χ0v) is 13.3. The first-order valence-corrected chi connectivity index (χ1v) is 7.95. The molecule has 114 valence electrons. The van der Waals surface area contributed by atoms with E-state index in [9.17, 15) is 4.79 Å². The number of carbonyl (C=O) groups is 1. The van der Waals surface area contributed by atoms with Gasteiger partial charge in [0.2, 0.25) is 5.91 Å². The summed E-state index contributed by atoms with van der Waals surface area (Å²) in [4.78, 5) is 14.9. The van der Waals surface area contributed by atoms with E-state index < -0.39 is 0 Å². The van der Waals surface area contributed by atoms with Crippen molar-refractivity contribution in [1.82, 2.24) is 0 Å². The molecule has 2 unspecified atom stereocenters. The van der Waals surface area contributed by atoms with E-state index in [0.717, 1.165) is 17.9 Å². The van der Waals surface area contributed by atoms with Crippen LogP contribution in [0.5, 0.6) is 0 Å². The van der Waals surface area contributed by atoms with Crippen molar-refractivity contribution in [3.05, 3.63) is 53.3 Å². The van der Waals surface area contributed by atoms with E-state index in [-0.39, 0.29) is 11.3 Å². The van der Waals surface area contributed by atoms with Crippen molar-refractivity contribution in [1.29, 1.82) is 0 Å². The quantitative estimate of drug-likeness (QED) is 0.852. The van der Waals surface area contributed by atoms with Gasteiger partial charge in [-0.2, -0.15) is 0 Å². The van der Waals surface area contributed by atoms with Gasteiger partial charge in [0, 0.05) is 18.2 Å². The Hall–Kier alpha value is -2.03. The first-order chi connectivity index (χ1) is 10.6. The largest absolute Gasteiger partial charge is 0.497 e. The molecular formula is C19H21NO2. The summed E-state index contributed by atoms with van der Waals surface area (Å²) in [5.74, 6) is 1.99. The predicted molar refractivity (Wildman–Crippen MR) is 86.6 cm³/mol. The second-order valence-electron chi connectivity index (χ2n) is 6.86. The SMILES string of the molecule is COC1=CC2CC23C(=O)N(c2ccc(C(C)C)cc2)CC3=C1. The molecule has 0 N–H and O–H groups in total. The predicted octanol–water partition coefficient (Wildman–Crippen LogP) is 3.63. The summed E-state index contributed by atoms with van der Waals surface area (Å²) in [5.41, 5.74) is 3.27. The van der Waals surface area contributed by atoms with Gasteiger partial charge in [-0.3, -0.25) is 4.79 Å². The highest BCUT2D eigenvalue weighted by Gasteiger charge is 2.67. The average Bonchev–Trinajstić information content (AvgIpc) is 3.20.